The lowest BCUT2D eigenvalue weighted by molar-refractivity contribution is -0.132. The number of aromatic amines is 1. The minimum atomic E-state index is 0.179. The Hall–Kier alpha value is -3.41. The fourth-order valence-corrected chi connectivity index (χ4v) is 4.86. The molecule has 1 aliphatic heterocycles. The number of carbonyl (C=O) groups excluding carboxylic acids is 1. The molecule has 4 aromatic rings. The molecule has 0 spiro atoms. The SMILES string of the molecule is O=C(Cn1c(-c2ccccc2)cc2ccccc21)N1CCC(c2nc(C3CC3)n[nH]2)CC1. The largest absolute Gasteiger partial charge is 0.341 e. The van der Waals surface area contributed by atoms with Crippen LogP contribution in [-0.4, -0.2) is 43.6 Å². The molecule has 6 heteroatoms. The zero-order valence-electron chi connectivity index (χ0n) is 18.1. The van der Waals surface area contributed by atoms with Gasteiger partial charge in [0.1, 0.15) is 12.4 Å². The number of rotatable bonds is 5. The van der Waals surface area contributed by atoms with Crippen molar-refractivity contribution in [2.75, 3.05) is 13.1 Å². The number of para-hydroxylation sites is 1. The first-order valence-corrected chi connectivity index (χ1v) is 11.6. The van der Waals surface area contributed by atoms with Crippen molar-refractivity contribution in [3.63, 3.8) is 0 Å². The van der Waals surface area contributed by atoms with Crippen molar-refractivity contribution >= 4 is 16.8 Å². The van der Waals surface area contributed by atoms with Crippen LogP contribution in [0.25, 0.3) is 22.2 Å². The summed E-state index contributed by atoms with van der Waals surface area (Å²) in [7, 11) is 0. The van der Waals surface area contributed by atoms with Crippen LogP contribution in [0.15, 0.2) is 60.7 Å². The summed E-state index contributed by atoms with van der Waals surface area (Å²) in [5.74, 6) is 3.09. The van der Waals surface area contributed by atoms with Gasteiger partial charge in [0.25, 0.3) is 0 Å². The normalized spacial score (nSPS) is 17.2. The summed E-state index contributed by atoms with van der Waals surface area (Å²) in [5.41, 5.74) is 3.32. The molecule has 32 heavy (non-hydrogen) atoms. The van der Waals surface area contributed by atoms with Crippen LogP contribution in [0.1, 0.15) is 49.2 Å². The maximum atomic E-state index is 13.3. The molecule has 0 atom stereocenters. The molecule has 162 valence electrons. The van der Waals surface area contributed by atoms with E-state index in [-0.39, 0.29) is 5.91 Å². The van der Waals surface area contributed by atoms with Gasteiger partial charge in [0.2, 0.25) is 5.91 Å². The number of hydrogen-bond donors (Lipinski definition) is 1. The van der Waals surface area contributed by atoms with Gasteiger partial charge in [-0.3, -0.25) is 9.89 Å². The van der Waals surface area contributed by atoms with E-state index in [0.717, 1.165) is 59.7 Å². The number of carbonyl (C=O) groups is 1. The quantitative estimate of drug-likeness (QED) is 0.504. The lowest BCUT2D eigenvalue weighted by Crippen LogP contribution is -2.40. The van der Waals surface area contributed by atoms with Gasteiger partial charge >= 0.3 is 0 Å². The Morgan fingerprint density at radius 3 is 2.47 bits per heavy atom. The van der Waals surface area contributed by atoms with E-state index in [1.807, 2.05) is 35.2 Å². The van der Waals surface area contributed by atoms with Crippen LogP contribution in [0.2, 0.25) is 0 Å². The zero-order chi connectivity index (χ0) is 21.5. The van der Waals surface area contributed by atoms with Crippen molar-refractivity contribution in [1.29, 1.82) is 0 Å². The monoisotopic (exact) mass is 425 g/mol. The summed E-state index contributed by atoms with van der Waals surface area (Å²) >= 11 is 0. The van der Waals surface area contributed by atoms with E-state index < -0.39 is 0 Å². The van der Waals surface area contributed by atoms with Crippen molar-refractivity contribution in [2.24, 2.45) is 0 Å². The van der Waals surface area contributed by atoms with Gasteiger partial charge in [0.15, 0.2) is 5.82 Å². The summed E-state index contributed by atoms with van der Waals surface area (Å²) in [6.07, 6.45) is 4.29. The highest BCUT2D eigenvalue weighted by Gasteiger charge is 2.31. The third-order valence-corrected chi connectivity index (χ3v) is 6.87. The van der Waals surface area contributed by atoms with E-state index in [1.54, 1.807) is 0 Å². The maximum absolute atomic E-state index is 13.3. The van der Waals surface area contributed by atoms with Crippen LogP contribution in [0.4, 0.5) is 0 Å². The average Bonchev–Trinajstić information content (AvgIpc) is 3.46. The highest BCUT2D eigenvalue weighted by Crippen LogP contribution is 2.38. The topological polar surface area (TPSA) is 66.8 Å². The van der Waals surface area contributed by atoms with Crippen LogP contribution in [0.3, 0.4) is 0 Å². The van der Waals surface area contributed by atoms with Gasteiger partial charge in [-0.05, 0) is 43.4 Å². The number of hydrogen-bond acceptors (Lipinski definition) is 3. The molecule has 0 bridgehead atoms. The summed E-state index contributed by atoms with van der Waals surface area (Å²) in [5, 5.41) is 8.72. The Morgan fingerprint density at radius 2 is 1.69 bits per heavy atom. The average molecular weight is 426 g/mol. The first-order valence-electron chi connectivity index (χ1n) is 11.6. The number of piperidine rings is 1. The number of fused-ring (bicyclic) bond motifs is 1. The molecule has 3 heterocycles. The number of nitrogens with zero attached hydrogens (tertiary/aromatic N) is 4. The first kappa shape index (κ1) is 19.3. The van der Waals surface area contributed by atoms with Crippen molar-refractivity contribution in [1.82, 2.24) is 24.6 Å². The van der Waals surface area contributed by atoms with Crippen LogP contribution < -0.4 is 0 Å². The van der Waals surface area contributed by atoms with Crippen molar-refractivity contribution in [2.45, 2.75) is 44.1 Å². The summed E-state index contributed by atoms with van der Waals surface area (Å²) in [6, 6.07) is 20.8. The second-order valence-electron chi connectivity index (χ2n) is 9.05. The van der Waals surface area contributed by atoms with E-state index in [0.29, 0.717) is 18.4 Å². The number of amides is 1. The molecule has 1 amide bonds. The Kier molecular flexibility index (Phi) is 4.78. The number of likely N-dealkylation sites (tertiary alicyclic amines) is 1. The summed E-state index contributed by atoms with van der Waals surface area (Å²) < 4.78 is 2.16. The van der Waals surface area contributed by atoms with Crippen LogP contribution in [0.5, 0.6) is 0 Å². The molecule has 2 aromatic heterocycles. The molecule has 1 N–H and O–H groups in total. The van der Waals surface area contributed by atoms with Gasteiger partial charge in [-0.15, -0.1) is 0 Å². The van der Waals surface area contributed by atoms with Crippen molar-refractivity contribution in [3.8, 4) is 11.3 Å². The minimum absolute atomic E-state index is 0.179. The third-order valence-electron chi connectivity index (χ3n) is 6.87. The van der Waals surface area contributed by atoms with E-state index in [2.05, 4.69) is 45.1 Å². The smallest absolute Gasteiger partial charge is 0.242 e. The Balaban J connectivity index is 1.19. The van der Waals surface area contributed by atoms with E-state index in [1.165, 1.54) is 12.8 Å². The highest BCUT2D eigenvalue weighted by molar-refractivity contribution is 5.89. The molecule has 2 aromatic carbocycles. The molecule has 1 saturated heterocycles. The molecule has 0 radical (unpaired) electrons. The number of nitrogens with one attached hydrogen (secondary N) is 1. The lowest BCUT2D eigenvalue weighted by atomic mass is 9.96. The first-order chi connectivity index (χ1) is 15.8. The summed E-state index contributed by atoms with van der Waals surface area (Å²) in [4.78, 5) is 20.1. The van der Waals surface area contributed by atoms with Crippen molar-refractivity contribution < 1.29 is 4.79 Å². The van der Waals surface area contributed by atoms with Crippen LogP contribution in [0, 0.1) is 0 Å². The standard InChI is InChI=1S/C26H27N5O/c32-24(30-14-12-20(13-15-30)26-27-25(28-29-26)19-10-11-19)17-31-22-9-5-4-8-21(22)16-23(31)18-6-2-1-3-7-18/h1-9,16,19-20H,10-15,17H2,(H,27,28,29). The lowest BCUT2D eigenvalue weighted by Gasteiger charge is -2.31. The van der Waals surface area contributed by atoms with Gasteiger partial charge in [-0.25, -0.2) is 4.98 Å². The van der Waals surface area contributed by atoms with Gasteiger partial charge in [-0.2, -0.15) is 5.10 Å². The predicted molar refractivity (Wildman–Crippen MR) is 124 cm³/mol. The predicted octanol–water partition coefficient (Wildman–Crippen LogP) is 4.71. The number of benzene rings is 2. The molecule has 1 aliphatic carbocycles. The molecule has 2 fully saturated rings. The molecule has 6 rings (SSSR count). The molecule has 0 unspecified atom stereocenters. The number of aromatic nitrogens is 4. The summed E-state index contributed by atoms with van der Waals surface area (Å²) in [6.45, 7) is 1.89. The van der Waals surface area contributed by atoms with Gasteiger partial charge < -0.3 is 9.47 Å². The van der Waals surface area contributed by atoms with Gasteiger partial charge in [0, 0.05) is 41.5 Å². The Labute approximate surface area is 187 Å². The molecule has 2 aliphatic rings. The second kappa shape index (κ2) is 7.93. The molecule has 1 saturated carbocycles. The van der Waals surface area contributed by atoms with Crippen molar-refractivity contribution in [3.05, 3.63) is 72.3 Å². The maximum Gasteiger partial charge on any atom is 0.242 e. The van der Waals surface area contributed by atoms with E-state index in [9.17, 15) is 4.79 Å². The zero-order valence-corrected chi connectivity index (χ0v) is 18.1. The molecular weight excluding hydrogens is 398 g/mol. The van der Waals surface area contributed by atoms with E-state index in [4.69, 9.17) is 4.98 Å². The third kappa shape index (κ3) is 3.60. The molecule has 6 nitrogen and oxygen atoms in total. The fourth-order valence-electron chi connectivity index (χ4n) is 4.86. The Morgan fingerprint density at radius 1 is 0.938 bits per heavy atom. The number of H-pyrrole nitrogens is 1. The van der Waals surface area contributed by atoms with Crippen LogP contribution >= 0.6 is 0 Å². The van der Waals surface area contributed by atoms with Crippen LogP contribution in [-0.2, 0) is 11.3 Å². The Bertz CT molecular complexity index is 1250. The highest BCUT2D eigenvalue weighted by atomic mass is 16.2. The van der Waals surface area contributed by atoms with Gasteiger partial charge in [0.05, 0.1) is 0 Å². The van der Waals surface area contributed by atoms with E-state index >= 15 is 0 Å². The second-order valence-corrected chi connectivity index (χ2v) is 9.05. The fraction of sp³-hybridized carbons (Fsp3) is 0.346. The minimum Gasteiger partial charge on any atom is -0.341 e. The van der Waals surface area contributed by atoms with Gasteiger partial charge in [-0.1, -0.05) is 48.5 Å². The molecular formula is C26H27N5O.